The van der Waals surface area contributed by atoms with Gasteiger partial charge < -0.3 is 10.3 Å². The van der Waals surface area contributed by atoms with Gasteiger partial charge in [0.2, 0.25) is 0 Å². The molecule has 0 heterocycles. The fourth-order valence-electron chi connectivity index (χ4n) is 0.997. The van der Waals surface area contributed by atoms with Gasteiger partial charge >= 0.3 is 0 Å². The fourth-order valence-corrected chi connectivity index (χ4v) is 0.997. The van der Waals surface area contributed by atoms with E-state index in [1.165, 1.54) is 0 Å². The molecule has 0 fully saturated rings. The van der Waals surface area contributed by atoms with E-state index in [0.29, 0.717) is 12.3 Å². The lowest BCUT2D eigenvalue weighted by molar-refractivity contribution is 0.479. The molecule has 0 aliphatic heterocycles. The first-order valence-corrected chi connectivity index (χ1v) is 5.82. The quantitative estimate of drug-likeness (QED) is 0.552. The molecule has 0 aromatic rings. The van der Waals surface area contributed by atoms with Crippen LogP contribution in [0, 0.1) is 5.41 Å². The molecule has 0 bridgehead atoms. The minimum atomic E-state index is 0.628. The van der Waals surface area contributed by atoms with E-state index in [2.05, 4.69) is 4.90 Å². The lowest BCUT2D eigenvalue weighted by Crippen LogP contribution is -2.22. The highest BCUT2D eigenvalue weighted by Crippen LogP contribution is 2.00. The zero-order valence-electron chi connectivity index (χ0n) is 11.5. The molecule has 0 radical (unpaired) electrons. The summed E-state index contributed by atoms with van der Waals surface area (Å²) in [5.41, 5.74) is 1.79. The Morgan fingerprint density at radius 1 is 1.19 bits per heavy atom. The number of hydrogen-bond acceptors (Lipinski definition) is 2. The van der Waals surface area contributed by atoms with E-state index in [4.69, 9.17) is 5.41 Å². The summed E-state index contributed by atoms with van der Waals surface area (Å²) in [6.07, 6.45) is 9.75. The topological polar surface area (TPSA) is 27.1 Å². The second-order valence-corrected chi connectivity index (χ2v) is 3.22. The minimum absolute atomic E-state index is 0.628. The third-order valence-corrected chi connectivity index (χ3v) is 1.91. The van der Waals surface area contributed by atoms with Crippen molar-refractivity contribution in [2.75, 3.05) is 13.6 Å². The fraction of sp³-hybridized carbons (Fsp3) is 0.500. The molecule has 92 valence electrons. The zero-order valence-corrected chi connectivity index (χ0v) is 11.5. The third-order valence-electron chi connectivity index (χ3n) is 1.91. The number of nitrogens with one attached hydrogen (secondary N) is 1. The first kappa shape index (κ1) is 17.1. The van der Waals surface area contributed by atoms with Crippen LogP contribution in [0.3, 0.4) is 0 Å². The SMILES string of the molecule is C/C=C\C=C(/C)N(C)CC(=N)/C=C\C.CC. The molecular formula is C14H26N2. The van der Waals surface area contributed by atoms with Gasteiger partial charge in [0.05, 0.1) is 12.3 Å². The Morgan fingerprint density at radius 2 is 1.75 bits per heavy atom. The van der Waals surface area contributed by atoms with E-state index in [1.807, 2.05) is 72.0 Å². The van der Waals surface area contributed by atoms with Crippen LogP contribution in [0.4, 0.5) is 0 Å². The van der Waals surface area contributed by atoms with Gasteiger partial charge in [-0.15, -0.1) is 0 Å². The molecule has 0 saturated carbocycles. The van der Waals surface area contributed by atoms with Crippen LogP contribution in [-0.4, -0.2) is 24.2 Å². The predicted molar refractivity (Wildman–Crippen MR) is 75.1 cm³/mol. The van der Waals surface area contributed by atoms with Gasteiger partial charge in [0, 0.05) is 12.7 Å². The van der Waals surface area contributed by atoms with Crippen molar-refractivity contribution < 1.29 is 0 Å². The van der Waals surface area contributed by atoms with Crippen LogP contribution in [0.5, 0.6) is 0 Å². The minimum Gasteiger partial charge on any atom is -0.372 e. The second kappa shape index (κ2) is 11.8. The molecule has 0 aliphatic carbocycles. The van der Waals surface area contributed by atoms with Crippen molar-refractivity contribution >= 4 is 5.71 Å². The van der Waals surface area contributed by atoms with Crippen LogP contribution in [0.1, 0.15) is 34.6 Å². The van der Waals surface area contributed by atoms with Crippen LogP contribution in [0.2, 0.25) is 0 Å². The Balaban J connectivity index is 0. The molecule has 0 unspecified atom stereocenters. The van der Waals surface area contributed by atoms with Gasteiger partial charge in [0.25, 0.3) is 0 Å². The van der Waals surface area contributed by atoms with E-state index in [-0.39, 0.29) is 0 Å². The highest BCUT2D eigenvalue weighted by atomic mass is 15.1. The van der Waals surface area contributed by atoms with Gasteiger partial charge in [-0.1, -0.05) is 32.1 Å². The maximum atomic E-state index is 7.62. The standard InChI is InChI=1S/C12H20N2.C2H6/c1-5-7-9-11(3)14(4)10-12(13)8-6-2;1-2/h5-9,13H,10H2,1-4H3;1-2H3/b7-5-,8-6-,11-9+,13-12?;. The van der Waals surface area contributed by atoms with Gasteiger partial charge in [-0.25, -0.2) is 0 Å². The Bertz CT molecular complexity index is 260. The average molecular weight is 222 g/mol. The summed E-state index contributed by atoms with van der Waals surface area (Å²) in [7, 11) is 1.99. The van der Waals surface area contributed by atoms with E-state index in [0.717, 1.165) is 5.70 Å². The molecule has 0 aromatic carbocycles. The number of allylic oxidation sites excluding steroid dienone is 5. The van der Waals surface area contributed by atoms with Crippen molar-refractivity contribution in [3.05, 3.63) is 36.1 Å². The normalized spacial score (nSPS) is 11.5. The van der Waals surface area contributed by atoms with E-state index < -0.39 is 0 Å². The Kier molecular flexibility index (Phi) is 12.6. The molecule has 0 aromatic heterocycles. The van der Waals surface area contributed by atoms with E-state index in [9.17, 15) is 0 Å². The molecule has 0 rings (SSSR count). The third kappa shape index (κ3) is 9.25. The van der Waals surface area contributed by atoms with Crippen molar-refractivity contribution in [3.8, 4) is 0 Å². The molecule has 0 atom stereocenters. The van der Waals surface area contributed by atoms with Crippen LogP contribution in [0.15, 0.2) is 36.1 Å². The molecule has 2 nitrogen and oxygen atoms in total. The van der Waals surface area contributed by atoms with Crippen molar-refractivity contribution in [1.82, 2.24) is 4.90 Å². The second-order valence-electron chi connectivity index (χ2n) is 3.22. The Morgan fingerprint density at radius 3 is 2.19 bits per heavy atom. The first-order chi connectivity index (χ1) is 7.61. The summed E-state index contributed by atoms with van der Waals surface area (Å²) >= 11 is 0. The molecule has 1 N–H and O–H groups in total. The Hall–Kier alpha value is -1.31. The van der Waals surface area contributed by atoms with Gasteiger partial charge in [-0.2, -0.15) is 0 Å². The lowest BCUT2D eigenvalue weighted by Gasteiger charge is -2.18. The molecule has 0 spiro atoms. The highest BCUT2D eigenvalue weighted by molar-refractivity contribution is 5.93. The average Bonchev–Trinajstić information content (AvgIpc) is 2.28. The van der Waals surface area contributed by atoms with Gasteiger partial charge in [0.1, 0.15) is 0 Å². The van der Waals surface area contributed by atoms with Gasteiger partial charge in [0.15, 0.2) is 0 Å². The maximum Gasteiger partial charge on any atom is 0.0588 e. The summed E-state index contributed by atoms with van der Waals surface area (Å²) < 4.78 is 0. The molecular weight excluding hydrogens is 196 g/mol. The van der Waals surface area contributed by atoms with Crippen LogP contribution >= 0.6 is 0 Å². The molecule has 0 saturated heterocycles. The number of hydrogen-bond donors (Lipinski definition) is 1. The lowest BCUT2D eigenvalue weighted by atomic mass is 10.3. The van der Waals surface area contributed by atoms with Crippen molar-refractivity contribution in [2.24, 2.45) is 0 Å². The van der Waals surface area contributed by atoms with Crippen LogP contribution in [0.25, 0.3) is 0 Å². The van der Waals surface area contributed by atoms with E-state index in [1.54, 1.807) is 0 Å². The highest BCUT2D eigenvalue weighted by Gasteiger charge is 1.99. The van der Waals surface area contributed by atoms with Crippen LogP contribution in [-0.2, 0) is 0 Å². The van der Waals surface area contributed by atoms with Gasteiger partial charge in [-0.3, -0.25) is 0 Å². The summed E-state index contributed by atoms with van der Waals surface area (Å²) in [5.74, 6) is 0. The smallest absolute Gasteiger partial charge is 0.0588 e. The first-order valence-electron chi connectivity index (χ1n) is 5.82. The number of nitrogens with zero attached hydrogens (tertiary/aromatic N) is 1. The summed E-state index contributed by atoms with van der Waals surface area (Å²) in [6, 6.07) is 0. The predicted octanol–water partition coefficient (Wildman–Crippen LogP) is 4.02. The van der Waals surface area contributed by atoms with Gasteiger partial charge in [-0.05, 0) is 32.9 Å². The molecule has 0 amide bonds. The van der Waals surface area contributed by atoms with E-state index >= 15 is 0 Å². The molecule has 16 heavy (non-hydrogen) atoms. The van der Waals surface area contributed by atoms with Crippen molar-refractivity contribution in [1.29, 1.82) is 5.41 Å². The summed E-state index contributed by atoms with van der Waals surface area (Å²) in [6.45, 7) is 10.6. The monoisotopic (exact) mass is 222 g/mol. The van der Waals surface area contributed by atoms with Crippen LogP contribution < -0.4 is 0 Å². The van der Waals surface area contributed by atoms with Crippen molar-refractivity contribution in [3.63, 3.8) is 0 Å². The van der Waals surface area contributed by atoms with Crippen molar-refractivity contribution in [2.45, 2.75) is 34.6 Å². The molecule has 2 heteroatoms. The number of rotatable bonds is 5. The summed E-state index contributed by atoms with van der Waals surface area (Å²) in [5, 5.41) is 7.62. The maximum absolute atomic E-state index is 7.62. The molecule has 0 aliphatic rings. The Labute approximate surface area is 101 Å². The largest absolute Gasteiger partial charge is 0.372 e. The summed E-state index contributed by atoms with van der Waals surface area (Å²) in [4.78, 5) is 2.06. The zero-order chi connectivity index (χ0) is 13.0.